The van der Waals surface area contributed by atoms with Crippen molar-refractivity contribution >= 4 is 70.6 Å². The normalized spacial score (nSPS) is 29.6. The van der Waals surface area contributed by atoms with Crippen LogP contribution in [0.25, 0.3) is 11.1 Å². The number of aliphatic hydroxyl groups is 6. The Hall–Kier alpha value is -11.3. The molecule has 0 unspecified atom stereocenters. The van der Waals surface area contributed by atoms with Gasteiger partial charge in [0.15, 0.2) is 35.4 Å². The summed E-state index contributed by atoms with van der Waals surface area (Å²) >= 11 is 7.34. The number of carbonyl (C=O) groups is 9. The standard InChI is InChI=1S/C90H112ClN13O26/c1-38(2)21-54(96-8)81(114)103-72-74(109)44-10-14-58(39(3)22-44)126-62-30-48-31-63(78(62)130-88-79(77(112)76(111)64(37-105)128-88)129-66-36-90(5,93)80(113)40(4)124-66)127-59-15-11-45(29-53(59)91)75(110)73-87(120)102-71(85(118)99-68-46-24-41-23-42(26-46)27-47(68)25-41)52-33-50(125-89(121)97-49-12-16-60(122-19-17-94-6)61(32-49)123-20-18-95-7)34-57(107)67(52)51-28-43(9-13-56(51)106)69(83(116)104-73)101-84(117)70(48)100-82(115)55(35-65(92)108)98-86(72)119/h9-16,22,28-34,38,40-42,46-47,54-55,64,66,68-77,79-80,88,94-96,105-107,109-113H,17-21,23-27,35-37,93H2,1-8H3,(H2,92,108)(H,97,121)(H,98,119)(H,99,118)(H,100,115)(H,101,117)(H,102,120)(H,103,114)(H,104,116)/t40-,41?,42?,46?,47?,54+,55-,64+,66-,68?,69+,70+,71-,72+,73-,74+,75+,76+,77-,79+,80+,88-,90-/m0/s1. The molecule has 15 bridgehead atoms. The van der Waals surface area contributed by atoms with E-state index in [9.17, 15) is 55.2 Å². The topological polar surface area (TPSA) is 583 Å². The number of anilines is 1. The van der Waals surface area contributed by atoms with Gasteiger partial charge in [-0.25, -0.2) is 4.79 Å². The van der Waals surface area contributed by atoms with E-state index in [0.29, 0.717) is 30.7 Å². The number of carbonyl (C=O) groups excluding carboxylic acids is 9. The highest BCUT2D eigenvalue weighted by Gasteiger charge is 2.53. The molecule has 4 saturated carbocycles. The van der Waals surface area contributed by atoms with Crippen molar-refractivity contribution in [2.24, 2.45) is 41.1 Å². The van der Waals surface area contributed by atoms with Gasteiger partial charge in [-0.3, -0.25) is 43.7 Å². The number of ether oxygens (including phenoxy) is 9. The van der Waals surface area contributed by atoms with Crippen LogP contribution in [0.4, 0.5) is 10.5 Å². The van der Waals surface area contributed by atoms with Crippen LogP contribution in [0.5, 0.6) is 57.5 Å². The quantitative estimate of drug-likeness (QED) is 0.0387. The largest absolute Gasteiger partial charge is 0.507 e. The molecule has 0 aromatic heterocycles. The molecule has 6 aromatic carbocycles. The van der Waals surface area contributed by atoms with Crippen LogP contribution in [-0.4, -0.2) is 233 Å². The van der Waals surface area contributed by atoms with Gasteiger partial charge in [0.25, 0.3) is 0 Å². The lowest BCUT2D eigenvalue weighted by molar-refractivity contribution is -0.333. The zero-order valence-electron chi connectivity index (χ0n) is 72.7. The van der Waals surface area contributed by atoms with Crippen LogP contribution >= 0.6 is 11.6 Å². The third kappa shape index (κ3) is 20.9. The zero-order valence-corrected chi connectivity index (χ0v) is 73.4. The number of benzene rings is 6. The second-order valence-corrected chi connectivity index (χ2v) is 35.6. The van der Waals surface area contributed by atoms with Gasteiger partial charge in [0, 0.05) is 60.0 Å². The van der Waals surface area contributed by atoms with E-state index in [-0.39, 0.29) is 94.6 Å². The minimum atomic E-state index is -2.34. The van der Waals surface area contributed by atoms with E-state index >= 15 is 28.8 Å². The third-order valence-electron chi connectivity index (χ3n) is 25.2. The molecule has 130 heavy (non-hydrogen) atoms. The molecule has 6 aromatic rings. The Morgan fingerprint density at radius 3 is 1.94 bits per heavy atom. The van der Waals surface area contributed by atoms with Crippen LogP contribution < -0.4 is 98.4 Å². The Bertz CT molecular complexity index is 5230. The summed E-state index contributed by atoms with van der Waals surface area (Å²) in [5.74, 6) is -12.4. The number of nitrogens with one attached hydrogen (secondary N) is 11. The maximum atomic E-state index is 16.6. The van der Waals surface area contributed by atoms with Crippen LogP contribution in [-0.2, 0) is 52.6 Å². The number of amides is 9. The summed E-state index contributed by atoms with van der Waals surface area (Å²) in [6.45, 7) is 8.67. The summed E-state index contributed by atoms with van der Waals surface area (Å²) in [7, 11) is 5.00. The number of hydrogen-bond acceptors (Lipinski definition) is 30. The fourth-order valence-corrected chi connectivity index (χ4v) is 19.0. The Morgan fingerprint density at radius 2 is 1.30 bits per heavy atom. The van der Waals surface area contributed by atoms with Gasteiger partial charge in [-0.05, 0) is 210 Å². The predicted molar refractivity (Wildman–Crippen MR) is 464 cm³/mol. The number of aromatic hydroxyl groups is 2. The zero-order chi connectivity index (χ0) is 93.2. The van der Waals surface area contributed by atoms with Gasteiger partial charge in [-0.15, -0.1) is 0 Å². The lowest BCUT2D eigenvalue weighted by atomic mass is 9.54. The number of fused-ring (bicyclic) bond motifs is 15. The van der Waals surface area contributed by atoms with Crippen molar-refractivity contribution in [1.29, 1.82) is 0 Å². The first-order valence-corrected chi connectivity index (χ1v) is 43.7. The minimum Gasteiger partial charge on any atom is -0.507 e. The molecule has 17 rings (SSSR count). The van der Waals surface area contributed by atoms with Crippen molar-refractivity contribution < 1.29 is 127 Å². The molecule has 9 amide bonds. The molecular formula is C90H112ClN13O26. The first-order valence-electron chi connectivity index (χ1n) is 43.3. The molecular weight excluding hydrogens is 1710 g/mol. The highest BCUT2D eigenvalue weighted by Crippen LogP contribution is 2.55. The van der Waals surface area contributed by atoms with E-state index in [1.165, 1.54) is 76.3 Å². The molecule has 0 radical (unpaired) electrons. The summed E-state index contributed by atoms with van der Waals surface area (Å²) < 4.78 is 57.2. The number of primary amides is 1. The number of hydrogen-bond donors (Lipinski definition) is 21. The van der Waals surface area contributed by atoms with Gasteiger partial charge in [0.05, 0.1) is 36.3 Å². The highest BCUT2D eigenvalue weighted by molar-refractivity contribution is 6.32. The Balaban J connectivity index is 0.950. The van der Waals surface area contributed by atoms with Crippen LogP contribution in [0.15, 0.2) is 97.1 Å². The summed E-state index contributed by atoms with van der Waals surface area (Å²) in [6, 6.07) is 5.50. The van der Waals surface area contributed by atoms with Crippen molar-refractivity contribution in [2.45, 2.75) is 201 Å². The molecule has 6 fully saturated rings. The van der Waals surface area contributed by atoms with Gasteiger partial charge >= 0.3 is 6.09 Å². The minimum absolute atomic E-state index is 0.00283. The average Bonchev–Trinajstić information content (AvgIpc) is 0.758. The molecule has 700 valence electrons. The maximum Gasteiger partial charge on any atom is 0.417 e. The molecule has 39 nitrogen and oxygen atoms in total. The van der Waals surface area contributed by atoms with Gasteiger partial charge in [-0.2, -0.15) is 0 Å². The van der Waals surface area contributed by atoms with Gasteiger partial charge in [0.2, 0.25) is 59.3 Å². The van der Waals surface area contributed by atoms with Crippen LogP contribution in [0, 0.1) is 36.5 Å². The van der Waals surface area contributed by atoms with E-state index in [4.69, 9.17) is 65.7 Å². The van der Waals surface area contributed by atoms with Crippen molar-refractivity contribution in [3.05, 3.63) is 135 Å². The summed E-state index contributed by atoms with van der Waals surface area (Å²) in [4.78, 5) is 138. The molecule has 23 N–H and O–H groups in total. The molecule has 40 heteroatoms. The number of halogens is 1. The van der Waals surface area contributed by atoms with Crippen LogP contribution in [0.3, 0.4) is 0 Å². The molecule has 7 aliphatic heterocycles. The van der Waals surface area contributed by atoms with Crippen molar-refractivity contribution in [1.82, 2.24) is 53.2 Å². The summed E-state index contributed by atoms with van der Waals surface area (Å²) in [6.07, 6.45) is -15.3. The number of rotatable bonds is 24. The lowest BCUT2D eigenvalue weighted by Crippen LogP contribution is -2.64. The van der Waals surface area contributed by atoms with Crippen molar-refractivity contribution in [2.75, 3.05) is 59.4 Å². The summed E-state index contributed by atoms with van der Waals surface area (Å²) in [5, 5.41) is 127. The Labute approximate surface area is 752 Å². The van der Waals surface area contributed by atoms with E-state index in [1.807, 2.05) is 13.8 Å². The van der Waals surface area contributed by atoms with E-state index in [1.54, 1.807) is 20.2 Å². The predicted octanol–water partition coefficient (Wildman–Crippen LogP) is 2.72. The first kappa shape index (κ1) is 94.8. The first-order chi connectivity index (χ1) is 62.0. The number of phenols is 2. The fourth-order valence-electron chi connectivity index (χ4n) is 18.7. The SMILES string of the molecule is CNCCOc1ccc(NC(=O)Oc2cc(O)c3c(c2)[C@@H](C(=O)NC2C4CC5CC(C4)CC2C5)NC(=O)[C@H]2NC(=O)[C@H](NC(=O)[C@@H]4NC(=O)[C@H](CC(N)=O)NC(=O)[C@H](NC(=O)[C@@H](CC(C)C)NC)[C@H](O)c5ccc(c(C)c5)Oc5cc4cc(c5O[C@@H]4O[C@H](CO)[C@@H](O)[C@H](O)[C@H]4O[C@H]4C[C@](C)(N)[C@H](O)[C@H](C)O4)Oc4ccc(cc4Cl)[C@H]2O)c2ccc(O)c-3c2)cc1OCCNC. The molecule has 7 heterocycles. The highest BCUT2D eigenvalue weighted by atomic mass is 35.5. The van der Waals surface area contributed by atoms with Gasteiger partial charge in [-0.1, -0.05) is 43.6 Å². The van der Waals surface area contributed by atoms with E-state index in [2.05, 4.69) is 58.5 Å². The van der Waals surface area contributed by atoms with E-state index in [0.717, 1.165) is 74.6 Å². The van der Waals surface area contributed by atoms with Crippen molar-refractivity contribution in [3.8, 4) is 68.6 Å². The Morgan fingerprint density at radius 1 is 0.662 bits per heavy atom. The number of aliphatic hydroxyl groups excluding tert-OH is 6. The monoisotopic (exact) mass is 1830 g/mol. The molecule has 18 atom stereocenters. The fraction of sp³-hybridized carbons (Fsp3) is 0.500. The number of aryl methyl sites for hydroxylation is 1. The molecule has 0 spiro atoms. The maximum absolute atomic E-state index is 16.6. The summed E-state index contributed by atoms with van der Waals surface area (Å²) in [5.41, 5.74) is 9.24. The van der Waals surface area contributed by atoms with E-state index < -0.39 is 238 Å². The average molecular weight is 1830 g/mol. The third-order valence-corrected chi connectivity index (χ3v) is 25.5. The second kappa shape index (κ2) is 40.2. The Kier molecular flexibility index (Phi) is 29.3. The number of nitrogens with two attached hydrogens (primary N) is 2. The van der Waals surface area contributed by atoms with Crippen LogP contribution in [0.1, 0.15) is 143 Å². The smallest absolute Gasteiger partial charge is 0.417 e. The van der Waals surface area contributed by atoms with Gasteiger partial charge in [0.1, 0.15) is 109 Å². The van der Waals surface area contributed by atoms with Gasteiger partial charge < -0.3 is 148 Å². The lowest BCUT2D eigenvalue weighted by Gasteiger charge is -2.54. The number of likely N-dealkylation sites (N-methyl/N-ethyl adjacent to an activating group) is 3. The second-order valence-electron chi connectivity index (χ2n) is 35.2. The van der Waals surface area contributed by atoms with Crippen LogP contribution in [0.2, 0.25) is 5.02 Å². The molecule has 11 aliphatic rings. The molecule has 4 aliphatic carbocycles. The molecule has 2 saturated heterocycles. The van der Waals surface area contributed by atoms with Crippen molar-refractivity contribution in [3.63, 3.8) is 0 Å². The number of phenolic OH excluding ortho intramolecular Hbond substituents is 2.